The number of benzene rings is 3. The van der Waals surface area contributed by atoms with Crippen LogP contribution in [0.1, 0.15) is 96.0 Å². The van der Waals surface area contributed by atoms with Gasteiger partial charge in [0.15, 0.2) is 15.7 Å². The van der Waals surface area contributed by atoms with Crippen LogP contribution in [0.5, 0.6) is 5.75 Å². The Balaban J connectivity index is 0.853. The minimum absolute atomic E-state index is 0.0444. The van der Waals surface area contributed by atoms with E-state index in [0.29, 0.717) is 30.2 Å². The van der Waals surface area contributed by atoms with E-state index in [1.807, 2.05) is 78.8 Å². The first-order valence-electron chi connectivity index (χ1n) is 26.3. The van der Waals surface area contributed by atoms with Crippen molar-refractivity contribution in [2.45, 2.75) is 128 Å². The molecule has 6 N–H and O–H groups in total. The number of amides is 4. The zero-order chi connectivity index (χ0) is 56.5. The number of aryl methyl sites for hydroxylation is 2. The highest BCUT2D eigenvalue weighted by Gasteiger charge is 2.44. The molecule has 3 atom stereocenters. The van der Waals surface area contributed by atoms with Crippen LogP contribution in [-0.2, 0) is 40.3 Å². The Bertz CT molecular complexity index is 3030. The molecule has 22 heteroatoms. The molecule has 4 amide bonds. The molecule has 2 saturated heterocycles. The monoisotopic (exact) mass is 1130 g/mol. The number of aliphatic hydroxyl groups excluding tert-OH is 1. The van der Waals surface area contributed by atoms with Gasteiger partial charge in [-0.25, -0.2) is 18.4 Å². The summed E-state index contributed by atoms with van der Waals surface area (Å²) in [4.78, 5) is 71.8. The number of piperidine rings is 1. The largest absolute Gasteiger partial charge is 0.489 e. The van der Waals surface area contributed by atoms with E-state index in [9.17, 15) is 32.7 Å². The fraction of sp³-hybridized carbons (Fsp3) is 0.482. The van der Waals surface area contributed by atoms with Crippen molar-refractivity contribution in [1.29, 1.82) is 0 Å². The molecule has 7 rings (SSSR count). The zero-order valence-corrected chi connectivity index (χ0v) is 48.2. The van der Waals surface area contributed by atoms with Gasteiger partial charge in [0, 0.05) is 26.1 Å². The van der Waals surface area contributed by atoms with Gasteiger partial charge in [0.2, 0.25) is 29.6 Å². The van der Waals surface area contributed by atoms with E-state index in [1.54, 1.807) is 55.0 Å². The van der Waals surface area contributed by atoms with Crippen LogP contribution in [0.4, 0.5) is 23.1 Å². The summed E-state index contributed by atoms with van der Waals surface area (Å²) in [5.74, 6) is -0.277. The van der Waals surface area contributed by atoms with Gasteiger partial charge < -0.3 is 46.1 Å². The van der Waals surface area contributed by atoms with Gasteiger partial charge in [-0.1, -0.05) is 68.8 Å². The van der Waals surface area contributed by atoms with E-state index in [1.165, 1.54) is 11.1 Å². The lowest BCUT2D eigenvalue weighted by molar-refractivity contribution is -0.144. The Morgan fingerprint density at radius 3 is 2.31 bits per heavy atom. The van der Waals surface area contributed by atoms with Crippen LogP contribution in [0.15, 0.2) is 77.3 Å². The van der Waals surface area contributed by atoms with Crippen LogP contribution in [0.3, 0.4) is 0 Å². The molecule has 4 heterocycles. The number of hydrogen-bond acceptors (Lipinski definition) is 16. The number of aromatic nitrogens is 3. The predicted molar refractivity (Wildman–Crippen MR) is 303 cm³/mol. The number of thiazole rings is 1. The molecule has 2 aromatic heterocycles. The molecule has 0 saturated carbocycles. The number of aliphatic hydroxyl groups is 1. The van der Waals surface area contributed by atoms with Gasteiger partial charge in [0.1, 0.15) is 29.5 Å². The molecule has 420 valence electrons. The minimum Gasteiger partial charge on any atom is -0.489 e. The summed E-state index contributed by atoms with van der Waals surface area (Å²) >= 11 is 8.08. The van der Waals surface area contributed by atoms with E-state index in [0.717, 1.165) is 45.7 Å². The molecule has 5 aromatic rings. The first kappa shape index (κ1) is 59.4. The molecule has 3 aromatic carbocycles. The standard InChI is InChI=1S/C56H73ClN10O9S2/c1-33(2)76-46-26-41(35(5)24-44(46)63-55-60-28-42(57)52(65-55)62-43-12-10-11-13-47(43)78(73,74)34(3)4)38-18-21-66(22-19-38)30-48(69)58-20-23-75-31-49(70)64-51(56(7,8)9)54(72)67-29-40(68)25-45(67)53(71)59-27-37-14-16-39(17-15-37)50-36(6)61-32-77-50/h10-17,24,26,28,32-34,38,40,45,51,68H,18-23,25,27,29-31H2,1-9H3,(H,58,69)(H,59,71)(H,64,70)(H2,60,62,63,65)/t40-,45+,51-/m1/s1. The van der Waals surface area contributed by atoms with E-state index in [4.69, 9.17) is 21.1 Å². The van der Waals surface area contributed by atoms with E-state index >= 15 is 0 Å². The van der Waals surface area contributed by atoms with Crippen LogP contribution in [0.25, 0.3) is 10.4 Å². The summed E-state index contributed by atoms with van der Waals surface area (Å²) in [5, 5.41) is 25.2. The molecule has 78 heavy (non-hydrogen) atoms. The second-order valence-corrected chi connectivity index (χ2v) is 25.2. The lowest BCUT2D eigenvalue weighted by Crippen LogP contribution is -2.58. The normalized spacial score (nSPS) is 16.8. The fourth-order valence-corrected chi connectivity index (χ4v) is 11.7. The lowest BCUT2D eigenvalue weighted by Gasteiger charge is -2.35. The topological polar surface area (TPSA) is 246 Å². The number of β-amino-alcohol motifs (C(OH)–C–C–N with tert-alkyl or cyclic N) is 1. The third kappa shape index (κ3) is 15.3. The van der Waals surface area contributed by atoms with Gasteiger partial charge in [-0.15, -0.1) is 11.3 Å². The number of rotatable bonds is 22. The van der Waals surface area contributed by atoms with Crippen molar-refractivity contribution in [2.75, 3.05) is 56.6 Å². The maximum absolute atomic E-state index is 14.1. The number of halogens is 1. The Morgan fingerprint density at radius 1 is 0.923 bits per heavy atom. The number of carbonyl (C=O) groups is 4. The first-order chi connectivity index (χ1) is 37.0. The lowest BCUT2D eigenvalue weighted by atomic mass is 9.85. The van der Waals surface area contributed by atoms with Crippen molar-refractivity contribution in [2.24, 2.45) is 5.41 Å². The average molecular weight is 1130 g/mol. The summed E-state index contributed by atoms with van der Waals surface area (Å²) in [7, 11) is -3.61. The van der Waals surface area contributed by atoms with Crippen molar-refractivity contribution in [3.8, 4) is 16.2 Å². The number of hydrogen-bond donors (Lipinski definition) is 6. The second-order valence-electron chi connectivity index (χ2n) is 21.5. The maximum Gasteiger partial charge on any atom is 0.246 e. The van der Waals surface area contributed by atoms with Crippen LogP contribution >= 0.6 is 22.9 Å². The van der Waals surface area contributed by atoms with Gasteiger partial charge in [0.05, 0.1) is 69.2 Å². The number of ether oxygens (including phenoxy) is 2. The van der Waals surface area contributed by atoms with Crippen LogP contribution in [0.2, 0.25) is 5.02 Å². The molecule has 19 nitrogen and oxygen atoms in total. The summed E-state index contributed by atoms with van der Waals surface area (Å²) in [6, 6.07) is 16.6. The Hall–Kier alpha value is -6.23. The van der Waals surface area contributed by atoms with Crippen molar-refractivity contribution in [3.05, 3.63) is 99.8 Å². The molecule has 2 aliphatic heterocycles. The molecule has 2 aliphatic rings. The van der Waals surface area contributed by atoms with Gasteiger partial charge >= 0.3 is 0 Å². The van der Waals surface area contributed by atoms with Crippen LogP contribution in [-0.4, -0.2) is 137 Å². The summed E-state index contributed by atoms with van der Waals surface area (Å²) in [6.45, 7) is 18.3. The van der Waals surface area contributed by atoms with Crippen LogP contribution in [0, 0.1) is 19.3 Å². The molecule has 2 fully saturated rings. The van der Waals surface area contributed by atoms with E-state index in [2.05, 4.69) is 52.5 Å². The average Bonchev–Trinajstić information content (AvgIpc) is 4.04. The summed E-state index contributed by atoms with van der Waals surface area (Å²) in [5.41, 5.74) is 7.10. The van der Waals surface area contributed by atoms with Crippen molar-refractivity contribution < 1.29 is 42.2 Å². The maximum atomic E-state index is 14.1. The quantitative estimate of drug-likeness (QED) is 0.0369. The fourth-order valence-electron chi connectivity index (χ4n) is 9.50. The van der Waals surface area contributed by atoms with E-state index in [-0.39, 0.29) is 85.4 Å². The highest BCUT2D eigenvalue weighted by molar-refractivity contribution is 7.92. The van der Waals surface area contributed by atoms with Gasteiger partial charge in [0.25, 0.3) is 0 Å². The number of carbonyl (C=O) groups excluding carboxylic acids is 4. The van der Waals surface area contributed by atoms with Gasteiger partial charge in [-0.3, -0.25) is 24.1 Å². The summed E-state index contributed by atoms with van der Waals surface area (Å²) in [6.07, 6.45) is 2.11. The SMILES string of the molecule is Cc1cc(Nc2ncc(Cl)c(Nc3ccccc3S(=O)(=O)C(C)C)n2)c(OC(C)C)cc1C1CCN(CC(=O)NCCOCC(=O)N[C@H](C(=O)N2C[C@H](O)C[C@H]2C(=O)NCc2ccc(-c3scnc3C)cc2)C(C)(C)C)CC1. The van der Waals surface area contributed by atoms with Crippen LogP contribution < -0.4 is 31.3 Å². The van der Waals surface area contributed by atoms with E-state index < -0.39 is 56.4 Å². The molecular weight excluding hydrogens is 1060 g/mol. The van der Waals surface area contributed by atoms with Crippen molar-refractivity contribution in [3.63, 3.8) is 0 Å². The smallest absolute Gasteiger partial charge is 0.246 e. The predicted octanol–water partition coefficient (Wildman–Crippen LogP) is 7.45. The second kappa shape index (κ2) is 26.2. The third-order valence-electron chi connectivity index (χ3n) is 13.7. The Labute approximate surface area is 466 Å². The van der Waals surface area contributed by atoms with Crippen molar-refractivity contribution in [1.82, 2.24) is 40.7 Å². The summed E-state index contributed by atoms with van der Waals surface area (Å²) < 4.78 is 38.2. The zero-order valence-electron chi connectivity index (χ0n) is 45.8. The highest BCUT2D eigenvalue weighted by atomic mass is 35.5. The number of para-hydroxylation sites is 1. The number of sulfone groups is 1. The van der Waals surface area contributed by atoms with Crippen molar-refractivity contribution >= 4 is 79.5 Å². The molecule has 0 spiro atoms. The minimum atomic E-state index is -3.61. The third-order valence-corrected chi connectivity index (χ3v) is 17.2. The number of likely N-dealkylation sites (tertiary alicyclic amines) is 2. The first-order valence-corrected chi connectivity index (χ1v) is 29.1. The van der Waals surface area contributed by atoms with Gasteiger partial charge in [-0.2, -0.15) is 4.98 Å². The molecular formula is C56H73ClN10O9S2. The molecule has 0 radical (unpaired) electrons. The highest BCUT2D eigenvalue weighted by Crippen LogP contribution is 2.39. The Morgan fingerprint density at radius 2 is 1.64 bits per heavy atom. The molecule has 0 aliphatic carbocycles. The Kier molecular flexibility index (Phi) is 19.9. The number of anilines is 4. The number of nitrogens with zero attached hydrogens (tertiary/aromatic N) is 5. The van der Waals surface area contributed by atoms with Gasteiger partial charge in [-0.05, 0) is 125 Å². The number of nitrogens with one attached hydrogen (secondary N) is 5. The molecule has 0 unspecified atom stereocenters. The molecule has 0 bridgehead atoms.